The van der Waals surface area contributed by atoms with E-state index in [1.807, 2.05) is 0 Å². The molecule has 0 saturated heterocycles. The van der Waals surface area contributed by atoms with E-state index in [2.05, 4.69) is 15.1 Å². The van der Waals surface area contributed by atoms with Gasteiger partial charge in [-0.25, -0.2) is 4.98 Å². The maximum Gasteiger partial charge on any atom is 0.255 e. The molecule has 0 aromatic carbocycles. The second kappa shape index (κ2) is 2.85. The van der Waals surface area contributed by atoms with Gasteiger partial charge in [0.25, 0.3) is 5.78 Å². The molecule has 0 bridgehead atoms. The summed E-state index contributed by atoms with van der Waals surface area (Å²) < 4.78 is 1.25. The first kappa shape index (κ1) is 8.25. The van der Waals surface area contributed by atoms with Crippen molar-refractivity contribution in [3.8, 4) is 5.88 Å². The molecule has 2 aromatic heterocycles. The van der Waals surface area contributed by atoms with Crippen molar-refractivity contribution in [2.75, 3.05) is 0 Å². The number of aromatic nitrogens is 4. The van der Waals surface area contributed by atoms with E-state index in [4.69, 9.17) is 11.6 Å². The van der Waals surface area contributed by atoms with Gasteiger partial charge in [-0.1, -0.05) is 0 Å². The molecule has 0 aliphatic rings. The molecule has 13 heavy (non-hydrogen) atoms. The molecule has 0 amide bonds. The summed E-state index contributed by atoms with van der Waals surface area (Å²) in [7, 11) is 0. The molecule has 2 aromatic rings. The lowest BCUT2D eigenvalue weighted by Crippen LogP contribution is -1.93. The highest BCUT2D eigenvalue weighted by molar-refractivity contribution is 6.16. The summed E-state index contributed by atoms with van der Waals surface area (Å²) in [6.45, 7) is 1.77. The molecule has 0 unspecified atom stereocenters. The summed E-state index contributed by atoms with van der Waals surface area (Å²) >= 11 is 5.54. The molecule has 6 heteroatoms. The fourth-order valence-corrected chi connectivity index (χ4v) is 1.18. The Balaban J connectivity index is 2.75. The van der Waals surface area contributed by atoms with Gasteiger partial charge in [0, 0.05) is 11.8 Å². The van der Waals surface area contributed by atoms with Crippen molar-refractivity contribution in [2.24, 2.45) is 0 Å². The van der Waals surface area contributed by atoms with Crippen LogP contribution < -0.4 is 0 Å². The van der Waals surface area contributed by atoms with Crippen LogP contribution in [-0.2, 0) is 5.88 Å². The van der Waals surface area contributed by atoms with Crippen molar-refractivity contribution in [1.29, 1.82) is 0 Å². The first-order chi connectivity index (χ1) is 6.20. The number of nitrogens with zero attached hydrogens (tertiary/aromatic N) is 4. The number of hydrogen-bond donors (Lipinski definition) is 1. The molecule has 0 aliphatic carbocycles. The number of alkyl halides is 1. The van der Waals surface area contributed by atoms with Crippen LogP contribution in [0.2, 0.25) is 0 Å². The van der Waals surface area contributed by atoms with Crippen LogP contribution in [0.4, 0.5) is 0 Å². The van der Waals surface area contributed by atoms with E-state index >= 15 is 0 Å². The van der Waals surface area contributed by atoms with Gasteiger partial charge < -0.3 is 5.11 Å². The van der Waals surface area contributed by atoms with Crippen molar-refractivity contribution in [1.82, 2.24) is 19.6 Å². The van der Waals surface area contributed by atoms with Crippen LogP contribution in [0.25, 0.3) is 5.78 Å². The van der Waals surface area contributed by atoms with E-state index < -0.39 is 0 Å². The molecule has 0 radical (unpaired) electrons. The Morgan fingerprint density at radius 2 is 2.31 bits per heavy atom. The monoisotopic (exact) mass is 198 g/mol. The van der Waals surface area contributed by atoms with Crippen LogP contribution in [-0.4, -0.2) is 24.7 Å². The van der Waals surface area contributed by atoms with Crippen LogP contribution in [0, 0.1) is 6.92 Å². The minimum absolute atomic E-state index is 0.0198. The van der Waals surface area contributed by atoms with E-state index in [1.165, 1.54) is 10.6 Å². The van der Waals surface area contributed by atoms with Gasteiger partial charge in [-0.05, 0) is 6.92 Å². The van der Waals surface area contributed by atoms with E-state index in [1.54, 1.807) is 6.92 Å². The molecule has 0 fully saturated rings. The zero-order chi connectivity index (χ0) is 9.42. The van der Waals surface area contributed by atoms with E-state index in [0.717, 1.165) is 0 Å². The fraction of sp³-hybridized carbons (Fsp3) is 0.286. The van der Waals surface area contributed by atoms with Gasteiger partial charge in [-0.3, -0.25) is 0 Å². The minimum atomic E-state index is 0.0198. The maximum absolute atomic E-state index is 9.44. The van der Waals surface area contributed by atoms with E-state index in [-0.39, 0.29) is 11.8 Å². The predicted molar refractivity (Wildman–Crippen MR) is 46.7 cm³/mol. The summed E-state index contributed by atoms with van der Waals surface area (Å²) in [4.78, 5) is 8.08. The zero-order valence-corrected chi connectivity index (χ0v) is 7.65. The maximum atomic E-state index is 9.44. The lowest BCUT2D eigenvalue weighted by molar-refractivity contribution is 0.434. The Morgan fingerprint density at radius 3 is 3.00 bits per heavy atom. The largest absolute Gasteiger partial charge is 0.493 e. The van der Waals surface area contributed by atoms with E-state index in [0.29, 0.717) is 17.3 Å². The van der Waals surface area contributed by atoms with Gasteiger partial charge in [0.05, 0.1) is 5.88 Å². The van der Waals surface area contributed by atoms with Gasteiger partial charge in [0.15, 0.2) is 5.82 Å². The summed E-state index contributed by atoms with van der Waals surface area (Å²) in [5.41, 5.74) is 0.693. The molecule has 0 spiro atoms. The number of rotatable bonds is 1. The van der Waals surface area contributed by atoms with Crippen molar-refractivity contribution in [3.63, 3.8) is 0 Å². The fourth-order valence-electron chi connectivity index (χ4n) is 1.07. The lowest BCUT2D eigenvalue weighted by atomic mass is 10.4. The molecular weight excluding hydrogens is 192 g/mol. The van der Waals surface area contributed by atoms with Crippen molar-refractivity contribution in [3.05, 3.63) is 17.6 Å². The molecule has 2 heterocycles. The number of hydrogen-bond acceptors (Lipinski definition) is 4. The predicted octanol–water partition coefficient (Wildman–Crippen LogP) is 0.877. The Hall–Kier alpha value is -1.36. The molecule has 2 rings (SSSR count). The van der Waals surface area contributed by atoms with Gasteiger partial charge in [0.1, 0.15) is 0 Å². The van der Waals surface area contributed by atoms with Gasteiger partial charge in [-0.2, -0.15) is 9.50 Å². The lowest BCUT2D eigenvalue weighted by Gasteiger charge is -1.95. The molecule has 0 saturated carbocycles. The third kappa shape index (κ3) is 1.31. The Kier molecular flexibility index (Phi) is 1.81. The van der Waals surface area contributed by atoms with Gasteiger partial charge in [0.2, 0.25) is 5.88 Å². The number of aryl methyl sites for hydroxylation is 1. The molecule has 5 nitrogen and oxygen atoms in total. The van der Waals surface area contributed by atoms with Gasteiger partial charge >= 0.3 is 0 Å². The van der Waals surface area contributed by atoms with Crippen molar-refractivity contribution < 1.29 is 5.11 Å². The number of fused-ring (bicyclic) bond motifs is 1. The number of aromatic hydroxyl groups is 1. The first-order valence-electron chi connectivity index (χ1n) is 3.69. The number of halogens is 1. The third-order valence-corrected chi connectivity index (χ3v) is 1.82. The average molecular weight is 199 g/mol. The normalized spacial score (nSPS) is 10.9. The Bertz CT molecular complexity index is 453. The molecule has 0 atom stereocenters. The van der Waals surface area contributed by atoms with Crippen LogP contribution in [0.15, 0.2) is 6.07 Å². The molecule has 1 N–H and O–H groups in total. The minimum Gasteiger partial charge on any atom is -0.493 e. The topological polar surface area (TPSA) is 63.3 Å². The Morgan fingerprint density at radius 1 is 1.54 bits per heavy atom. The summed E-state index contributed by atoms with van der Waals surface area (Å²) in [5, 5.41) is 13.4. The third-order valence-electron chi connectivity index (χ3n) is 1.58. The van der Waals surface area contributed by atoms with Crippen LogP contribution in [0.1, 0.15) is 11.5 Å². The molecule has 68 valence electrons. The van der Waals surface area contributed by atoms with Crippen molar-refractivity contribution >= 4 is 17.4 Å². The van der Waals surface area contributed by atoms with E-state index in [9.17, 15) is 5.11 Å². The second-order valence-corrected chi connectivity index (χ2v) is 2.90. The van der Waals surface area contributed by atoms with Crippen molar-refractivity contribution in [2.45, 2.75) is 12.8 Å². The SMILES string of the molecule is Cc1cc(O)n2nc(CCl)nc2n1. The van der Waals surface area contributed by atoms with Crippen LogP contribution in [0.3, 0.4) is 0 Å². The highest BCUT2D eigenvalue weighted by Crippen LogP contribution is 2.11. The molecule has 0 aliphatic heterocycles. The molecular formula is C7H7ClN4O. The van der Waals surface area contributed by atoms with Gasteiger partial charge in [-0.15, -0.1) is 16.7 Å². The van der Waals surface area contributed by atoms with Crippen LogP contribution >= 0.6 is 11.6 Å². The summed E-state index contributed by atoms with van der Waals surface area (Å²) in [6, 6.07) is 1.51. The smallest absolute Gasteiger partial charge is 0.255 e. The highest BCUT2D eigenvalue weighted by Gasteiger charge is 2.07. The first-order valence-corrected chi connectivity index (χ1v) is 4.22. The standard InChI is InChI=1S/C7H7ClN4O/c1-4-2-6(13)12-7(9-4)10-5(3-8)11-12/h2,13H,3H2,1H3. The Labute approximate surface area is 79.0 Å². The van der Waals surface area contributed by atoms with Crippen LogP contribution in [0.5, 0.6) is 5.88 Å². The quantitative estimate of drug-likeness (QED) is 0.691. The summed E-state index contributed by atoms with van der Waals surface area (Å²) in [6.07, 6.45) is 0. The summed E-state index contributed by atoms with van der Waals surface area (Å²) in [5.74, 6) is 1.05. The highest BCUT2D eigenvalue weighted by atomic mass is 35.5. The zero-order valence-electron chi connectivity index (χ0n) is 6.90. The average Bonchev–Trinajstić information content (AvgIpc) is 2.47. The second-order valence-electron chi connectivity index (χ2n) is 2.63.